The summed E-state index contributed by atoms with van der Waals surface area (Å²) in [6.45, 7) is 1.38. The van der Waals surface area contributed by atoms with E-state index in [9.17, 15) is 13.8 Å². The van der Waals surface area contributed by atoms with Gasteiger partial charge in [-0.15, -0.1) is 0 Å². The molecule has 0 saturated heterocycles. The predicted molar refractivity (Wildman–Crippen MR) is 141 cm³/mol. The van der Waals surface area contributed by atoms with Crippen LogP contribution in [0, 0.1) is 11.8 Å². The number of ether oxygens (including phenoxy) is 1. The van der Waals surface area contributed by atoms with Gasteiger partial charge >= 0.3 is 0 Å². The van der Waals surface area contributed by atoms with E-state index < -0.39 is 15.6 Å². The van der Waals surface area contributed by atoms with Gasteiger partial charge in [0.05, 0.1) is 22.4 Å². The maximum atomic E-state index is 13.2. The van der Waals surface area contributed by atoms with Crippen LogP contribution in [0.5, 0.6) is 5.75 Å². The number of rotatable bonds is 4. The molecule has 1 heterocycles. The van der Waals surface area contributed by atoms with Crippen molar-refractivity contribution < 1.29 is 18.5 Å². The van der Waals surface area contributed by atoms with Crippen LogP contribution in [0.1, 0.15) is 28.4 Å². The third-order valence-electron chi connectivity index (χ3n) is 5.23. The molecule has 0 bridgehead atoms. The summed E-state index contributed by atoms with van der Waals surface area (Å²) in [5.41, 5.74) is 2.00. The molecule has 3 aromatic carbocycles. The zero-order valence-electron chi connectivity index (χ0n) is 19.9. The second-order valence-electron chi connectivity index (χ2n) is 8.05. The van der Waals surface area contributed by atoms with Gasteiger partial charge < -0.3 is 10.1 Å². The van der Waals surface area contributed by atoms with Crippen LogP contribution in [0.4, 0.5) is 5.69 Å². The number of nitrogens with zero attached hydrogens (tertiary/aromatic N) is 2. The van der Waals surface area contributed by atoms with Crippen LogP contribution in [-0.4, -0.2) is 34.4 Å². The lowest BCUT2D eigenvalue weighted by Crippen LogP contribution is -2.08. The minimum atomic E-state index is -3.06. The van der Waals surface area contributed by atoms with Crippen molar-refractivity contribution in [2.45, 2.75) is 11.8 Å². The molecule has 4 rings (SSSR count). The molecule has 0 saturated carbocycles. The van der Waals surface area contributed by atoms with Crippen LogP contribution in [0.25, 0.3) is 10.8 Å². The molecule has 1 atom stereocenters. The highest BCUT2D eigenvalue weighted by Gasteiger charge is 2.13. The molecule has 1 aromatic heterocycles. The molecule has 1 unspecified atom stereocenters. The van der Waals surface area contributed by atoms with Crippen LogP contribution in [0.3, 0.4) is 0 Å². The Balaban J connectivity index is 1.58. The topological polar surface area (TPSA) is 97.7 Å². The molecule has 1 N–H and O–H groups in total. The quantitative estimate of drug-likeness (QED) is 0.405. The molecule has 8 heteroatoms. The fourth-order valence-electron chi connectivity index (χ4n) is 3.47. The average Bonchev–Trinajstić information content (AvgIpc) is 2.86. The predicted octanol–water partition coefficient (Wildman–Crippen LogP) is 4.90. The first-order valence-electron chi connectivity index (χ1n) is 10.9. The maximum Gasteiger partial charge on any atom is 0.286 e. The molecule has 180 valence electrons. The van der Waals surface area contributed by atoms with Crippen LogP contribution < -0.4 is 10.1 Å². The maximum absolute atomic E-state index is 13.2. The minimum Gasteiger partial charge on any atom is -0.497 e. The lowest BCUT2D eigenvalue weighted by molar-refractivity contribution is -0.114. The summed E-state index contributed by atoms with van der Waals surface area (Å²) in [7, 11) is -1.43. The van der Waals surface area contributed by atoms with E-state index in [4.69, 9.17) is 4.74 Å². The Morgan fingerprint density at radius 3 is 2.47 bits per heavy atom. The SMILES string of the molecule is COc1ccc2cc(C#Cc3cncc(C(=O)N=S(C)(=O)c4cccc(NC(C)=O)c4)c3)ccc2c1. The van der Waals surface area contributed by atoms with Gasteiger partial charge in [0.25, 0.3) is 5.91 Å². The van der Waals surface area contributed by atoms with Gasteiger partial charge in [-0.1, -0.05) is 30.0 Å². The molecular formula is C28H23N3O4S. The largest absolute Gasteiger partial charge is 0.497 e. The monoisotopic (exact) mass is 497 g/mol. The van der Waals surface area contributed by atoms with Crippen molar-refractivity contribution >= 4 is 38.0 Å². The summed E-state index contributed by atoms with van der Waals surface area (Å²) < 4.78 is 22.4. The first kappa shape index (κ1) is 24.6. The van der Waals surface area contributed by atoms with Gasteiger partial charge in [-0.25, -0.2) is 4.21 Å². The van der Waals surface area contributed by atoms with Gasteiger partial charge in [0, 0.05) is 47.3 Å². The standard InChI is InChI=1S/C28H23N3O4S/c1-19(32)30-25-5-4-6-27(16-25)36(3,34)31-28(33)24-14-21(17-29-18-24)8-7-20-9-10-23-15-26(35-2)12-11-22(23)13-20/h4-6,9-18H,1-3H3,(H,30,32). The highest BCUT2D eigenvalue weighted by atomic mass is 32.2. The van der Waals surface area contributed by atoms with Gasteiger partial charge in [0.2, 0.25) is 5.91 Å². The van der Waals surface area contributed by atoms with Gasteiger partial charge in [0.1, 0.15) is 5.75 Å². The number of carbonyl (C=O) groups is 2. The third kappa shape index (κ3) is 5.95. The number of carbonyl (C=O) groups excluding carboxylic acids is 2. The van der Waals surface area contributed by atoms with Crippen LogP contribution >= 0.6 is 0 Å². The molecule has 36 heavy (non-hydrogen) atoms. The van der Waals surface area contributed by atoms with Crippen molar-refractivity contribution in [1.29, 1.82) is 0 Å². The summed E-state index contributed by atoms with van der Waals surface area (Å²) in [4.78, 5) is 28.6. The number of amides is 2. The number of anilines is 1. The van der Waals surface area contributed by atoms with E-state index >= 15 is 0 Å². The normalized spacial score (nSPS) is 12.1. The van der Waals surface area contributed by atoms with Gasteiger partial charge in [-0.3, -0.25) is 14.6 Å². The number of nitrogens with one attached hydrogen (secondary N) is 1. The first-order valence-corrected chi connectivity index (χ1v) is 12.8. The number of methoxy groups -OCH3 is 1. The Kier molecular flexibility index (Phi) is 7.13. The summed E-state index contributed by atoms with van der Waals surface area (Å²) >= 11 is 0. The summed E-state index contributed by atoms with van der Waals surface area (Å²) in [6.07, 6.45) is 4.30. The number of fused-ring (bicyclic) bond motifs is 1. The molecule has 7 nitrogen and oxygen atoms in total. The minimum absolute atomic E-state index is 0.181. The first-order chi connectivity index (χ1) is 17.2. The van der Waals surface area contributed by atoms with E-state index in [1.54, 1.807) is 43.6 Å². The Morgan fingerprint density at radius 2 is 1.69 bits per heavy atom. The average molecular weight is 498 g/mol. The van der Waals surface area contributed by atoms with Crippen molar-refractivity contribution in [2.75, 3.05) is 18.7 Å². The fraction of sp³-hybridized carbons (Fsp3) is 0.107. The van der Waals surface area contributed by atoms with Crippen molar-refractivity contribution in [3.8, 4) is 17.6 Å². The van der Waals surface area contributed by atoms with Crippen molar-refractivity contribution in [3.05, 3.63) is 95.8 Å². The Hall–Kier alpha value is -4.48. The zero-order chi connectivity index (χ0) is 25.7. The Bertz CT molecular complexity index is 1680. The number of hydrogen-bond acceptors (Lipinski definition) is 5. The molecule has 0 aliphatic heterocycles. The zero-order valence-corrected chi connectivity index (χ0v) is 20.8. The van der Waals surface area contributed by atoms with Gasteiger partial charge in [-0.05, 0) is 59.3 Å². The van der Waals surface area contributed by atoms with Gasteiger partial charge in [-0.2, -0.15) is 4.36 Å². The second kappa shape index (κ2) is 10.4. The lowest BCUT2D eigenvalue weighted by atomic mass is 10.1. The Labute approximate surface area is 209 Å². The lowest BCUT2D eigenvalue weighted by Gasteiger charge is -2.07. The van der Waals surface area contributed by atoms with Crippen LogP contribution in [-0.2, 0) is 14.5 Å². The smallest absolute Gasteiger partial charge is 0.286 e. The molecule has 2 amide bonds. The fourth-order valence-corrected chi connectivity index (χ4v) is 4.68. The van der Waals surface area contributed by atoms with Crippen molar-refractivity contribution in [3.63, 3.8) is 0 Å². The molecular weight excluding hydrogens is 474 g/mol. The van der Waals surface area contributed by atoms with E-state index in [2.05, 4.69) is 26.5 Å². The van der Waals surface area contributed by atoms with Crippen molar-refractivity contribution in [2.24, 2.45) is 4.36 Å². The van der Waals surface area contributed by atoms with E-state index in [0.717, 1.165) is 22.1 Å². The summed E-state index contributed by atoms with van der Waals surface area (Å²) in [6, 6.07) is 19.7. The molecule has 0 radical (unpaired) electrons. The molecule has 4 aromatic rings. The summed E-state index contributed by atoms with van der Waals surface area (Å²) in [5, 5.41) is 4.70. The second-order valence-corrected chi connectivity index (χ2v) is 10.3. The van der Waals surface area contributed by atoms with E-state index in [0.29, 0.717) is 16.1 Å². The molecule has 0 aliphatic carbocycles. The number of aromatic nitrogens is 1. The number of pyridine rings is 1. The van der Waals surface area contributed by atoms with E-state index in [-0.39, 0.29) is 11.5 Å². The third-order valence-corrected chi connectivity index (χ3v) is 6.88. The van der Waals surface area contributed by atoms with Crippen molar-refractivity contribution in [1.82, 2.24) is 4.98 Å². The Morgan fingerprint density at radius 1 is 0.944 bits per heavy atom. The van der Waals surface area contributed by atoms with E-state index in [1.807, 2.05) is 36.4 Å². The van der Waals surface area contributed by atoms with E-state index in [1.165, 1.54) is 19.4 Å². The highest BCUT2D eigenvalue weighted by molar-refractivity contribution is 7.93. The van der Waals surface area contributed by atoms with Crippen LogP contribution in [0.2, 0.25) is 0 Å². The molecule has 0 fully saturated rings. The molecule has 0 aliphatic rings. The molecule has 0 spiro atoms. The van der Waals surface area contributed by atoms with Gasteiger partial charge in [0.15, 0.2) is 0 Å². The highest BCUT2D eigenvalue weighted by Crippen LogP contribution is 2.22. The summed E-state index contributed by atoms with van der Waals surface area (Å²) in [5.74, 6) is 5.98. The number of hydrogen-bond donors (Lipinski definition) is 1. The number of benzene rings is 3. The van der Waals surface area contributed by atoms with Crippen LogP contribution in [0.15, 0.2) is 88.4 Å².